The van der Waals surface area contributed by atoms with Crippen LogP contribution in [0.3, 0.4) is 0 Å². The minimum Gasteiger partial charge on any atom is -0.478 e. The van der Waals surface area contributed by atoms with Crippen molar-refractivity contribution in [3.8, 4) is 0 Å². The van der Waals surface area contributed by atoms with Gasteiger partial charge in [-0.3, -0.25) is 0 Å². The van der Waals surface area contributed by atoms with E-state index in [1.807, 2.05) is 13.0 Å². The van der Waals surface area contributed by atoms with E-state index in [-0.39, 0.29) is 21.7 Å². The molecule has 0 fully saturated rings. The van der Waals surface area contributed by atoms with E-state index in [9.17, 15) is 4.79 Å². The molecule has 0 aliphatic carbocycles. The molecule has 0 amide bonds. The molecule has 0 saturated carbocycles. The monoisotopic (exact) mass is 231 g/mol. The van der Waals surface area contributed by atoms with Gasteiger partial charge in [0.15, 0.2) is 0 Å². The van der Waals surface area contributed by atoms with Crippen molar-refractivity contribution in [2.75, 3.05) is 0 Å². The Balaban J connectivity index is 0. The van der Waals surface area contributed by atoms with E-state index in [0.717, 1.165) is 19.3 Å². The fourth-order valence-corrected chi connectivity index (χ4v) is 1.15. The van der Waals surface area contributed by atoms with Crippen LogP contribution in [-0.4, -0.2) is 11.1 Å². The normalized spacial score (nSPS) is 13.2. The molecule has 0 bridgehead atoms. The molecule has 0 heterocycles. The van der Waals surface area contributed by atoms with Gasteiger partial charge in [0, 0.05) is 27.3 Å². The van der Waals surface area contributed by atoms with Gasteiger partial charge in [-0.2, -0.15) is 12.8 Å². The number of hydrogen-bond donors (Lipinski definition) is 1. The Morgan fingerprint density at radius 1 is 1.57 bits per heavy atom. The summed E-state index contributed by atoms with van der Waals surface area (Å²) in [5.41, 5.74) is 0.442. The first kappa shape index (κ1) is 16.4. The number of rotatable bonds is 6. The molecule has 0 aliphatic rings. The Bertz CT molecular complexity index is 188. The van der Waals surface area contributed by atoms with Gasteiger partial charge in [-0.1, -0.05) is 32.3 Å². The smallest absolute Gasteiger partial charge is 0.330 e. The van der Waals surface area contributed by atoms with Gasteiger partial charge in [0.1, 0.15) is 0 Å². The number of carboxylic acids is 1. The fraction of sp³-hybridized carbons (Fsp3) is 0.636. The van der Waals surface area contributed by atoms with Crippen molar-refractivity contribution >= 4 is 5.97 Å². The van der Waals surface area contributed by atoms with Gasteiger partial charge in [0.25, 0.3) is 0 Å². The van der Waals surface area contributed by atoms with E-state index >= 15 is 0 Å². The molecule has 0 aliphatic heterocycles. The van der Waals surface area contributed by atoms with Gasteiger partial charge in [-0.25, -0.2) is 4.79 Å². The summed E-state index contributed by atoms with van der Waals surface area (Å²) in [6, 6.07) is 0. The molecular weight excluding hydrogens is 212 g/mol. The molecule has 1 unspecified atom stereocenters. The van der Waals surface area contributed by atoms with Crippen molar-refractivity contribution in [3.63, 3.8) is 0 Å². The zero-order valence-corrected chi connectivity index (χ0v) is 10.8. The number of allylic oxidation sites excluding steroid dienone is 1. The minimum absolute atomic E-state index is 0. The number of unbranched alkanes of at least 4 members (excludes halogenated alkanes) is 2. The summed E-state index contributed by atoms with van der Waals surface area (Å²) in [6.45, 7) is 5.82. The SMILES string of the molecule is CCC[CH-]CC(C)/C=C(\C)C(=O)O.[Ti]. The van der Waals surface area contributed by atoms with Crippen LogP contribution in [0.15, 0.2) is 11.6 Å². The number of carboxylic acid groups (broad SMARTS) is 1. The van der Waals surface area contributed by atoms with Crippen LogP contribution in [0.4, 0.5) is 0 Å². The van der Waals surface area contributed by atoms with E-state index in [1.54, 1.807) is 6.92 Å². The maximum absolute atomic E-state index is 10.5. The second-order valence-corrected chi connectivity index (χ2v) is 3.45. The third-order valence-electron chi connectivity index (χ3n) is 1.90. The molecule has 0 rings (SSSR count). The predicted molar refractivity (Wildman–Crippen MR) is 54.4 cm³/mol. The van der Waals surface area contributed by atoms with Crippen molar-refractivity contribution in [1.82, 2.24) is 0 Å². The number of hydrogen-bond acceptors (Lipinski definition) is 1. The Hall–Kier alpha value is -0.0757. The van der Waals surface area contributed by atoms with Crippen molar-refractivity contribution in [2.45, 2.75) is 40.0 Å². The van der Waals surface area contributed by atoms with E-state index < -0.39 is 5.97 Å². The molecule has 0 aromatic heterocycles. The number of carbonyl (C=O) groups is 1. The van der Waals surface area contributed by atoms with Crippen LogP contribution in [-0.2, 0) is 26.5 Å². The van der Waals surface area contributed by atoms with E-state index in [0.29, 0.717) is 11.5 Å². The average molecular weight is 231 g/mol. The Morgan fingerprint density at radius 2 is 2.14 bits per heavy atom. The molecule has 80 valence electrons. The molecule has 0 spiro atoms. The summed E-state index contributed by atoms with van der Waals surface area (Å²) < 4.78 is 0. The Labute approximate surface area is 102 Å². The second kappa shape index (κ2) is 9.48. The van der Waals surface area contributed by atoms with Gasteiger partial charge in [0.2, 0.25) is 0 Å². The molecule has 0 saturated heterocycles. The first-order valence-corrected chi connectivity index (χ1v) is 4.81. The maximum Gasteiger partial charge on any atom is 0.330 e. The van der Waals surface area contributed by atoms with Crippen LogP contribution in [0.1, 0.15) is 40.0 Å². The fourth-order valence-electron chi connectivity index (χ4n) is 1.15. The zero-order chi connectivity index (χ0) is 10.3. The average Bonchev–Trinajstić information content (AvgIpc) is 2.04. The van der Waals surface area contributed by atoms with Crippen molar-refractivity contribution in [3.05, 3.63) is 18.1 Å². The van der Waals surface area contributed by atoms with Gasteiger partial charge >= 0.3 is 5.97 Å². The Morgan fingerprint density at radius 3 is 2.57 bits per heavy atom. The van der Waals surface area contributed by atoms with Crippen molar-refractivity contribution in [1.29, 1.82) is 0 Å². The van der Waals surface area contributed by atoms with Crippen LogP contribution in [0.25, 0.3) is 0 Å². The van der Waals surface area contributed by atoms with Gasteiger partial charge in [-0.05, 0) is 6.92 Å². The van der Waals surface area contributed by atoms with Crippen LogP contribution in [0, 0.1) is 12.3 Å². The third kappa shape index (κ3) is 8.52. The van der Waals surface area contributed by atoms with E-state index in [1.165, 1.54) is 0 Å². The summed E-state index contributed by atoms with van der Waals surface area (Å²) in [5.74, 6) is -0.481. The standard InChI is InChI=1S/C11H19O2.Ti/c1-4-5-6-7-9(2)8-10(3)11(12)13;/h6,8-9H,4-5,7H2,1-3H3,(H,12,13);/q-1;/b10-8+;. The zero-order valence-electron chi connectivity index (χ0n) is 9.21. The molecular formula is C11H19O2Ti-. The quantitative estimate of drug-likeness (QED) is 0.330. The summed E-state index contributed by atoms with van der Waals surface area (Å²) in [7, 11) is 0. The summed E-state index contributed by atoms with van der Waals surface area (Å²) >= 11 is 0. The van der Waals surface area contributed by atoms with Crippen LogP contribution >= 0.6 is 0 Å². The van der Waals surface area contributed by atoms with Crippen molar-refractivity contribution < 1.29 is 31.6 Å². The van der Waals surface area contributed by atoms with Crippen LogP contribution in [0.5, 0.6) is 0 Å². The van der Waals surface area contributed by atoms with Gasteiger partial charge in [0.05, 0.1) is 0 Å². The molecule has 14 heavy (non-hydrogen) atoms. The maximum atomic E-state index is 10.5. The van der Waals surface area contributed by atoms with E-state index in [4.69, 9.17) is 5.11 Å². The van der Waals surface area contributed by atoms with Gasteiger partial charge < -0.3 is 11.5 Å². The molecule has 0 aromatic rings. The van der Waals surface area contributed by atoms with Gasteiger partial charge in [-0.15, -0.1) is 0 Å². The summed E-state index contributed by atoms with van der Waals surface area (Å²) in [6.07, 6.45) is 7.28. The molecule has 1 atom stereocenters. The largest absolute Gasteiger partial charge is 0.478 e. The third-order valence-corrected chi connectivity index (χ3v) is 1.90. The molecule has 3 heteroatoms. The first-order valence-electron chi connectivity index (χ1n) is 4.81. The van der Waals surface area contributed by atoms with Crippen molar-refractivity contribution in [2.24, 2.45) is 5.92 Å². The first-order chi connectivity index (χ1) is 6.07. The molecule has 2 nitrogen and oxygen atoms in total. The van der Waals surface area contributed by atoms with Crippen LogP contribution in [0.2, 0.25) is 0 Å². The number of aliphatic carboxylic acids is 1. The van der Waals surface area contributed by atoms with Crippen LogP contribution < -0.4 is 0 Å². The molecule has 1 N–H and O–H groups in total. The summed E-state index contributed by atoms with van der Waals surface area (Å²) in [4.78, 5) is 10.5. The predicted octanol–water partition coefficient (Wildman–Crippen LogP) is 3.05. The second-order valence-electron chi connectivity index (χ2n) is 3.45. The molecule has 0 aromatic carbocycles. The Kier molecular flexibility index (Phi) is 11.1. The molecule has 0 radical (unpaired) electrons. The minimum atomic E-state index is -0.817. The topological polar surface area (TPSA) is 37.3 Å². The van der Waals surface area contributed by atoms with E-state index in [2.05, 4.69) is 13.3 Å². The summed E-state index contributed by atoms with van der Waals surface area (Å²) in [5, 5.41) is 8.62.